The van der Waals surface area contributed by atoms with E-state index >= 15 is 0 Å². The van der Waals surface area contributed by atoms with E-state index in [0.717, 1.165) is 25.3 Å². The van der Waals surface area contributed by atoms with Gasteiger partial charge in [-0.05, 0) is 25.1 Å². The van der Waals surface area contributed by atoms with Crippen LogP contribution in [-0.4, -0.2) is 36.8 Å². The molecule has 1 saturated heterocycles. The smallest absolute Gasteiger partial charge is 0.337 e. The SMILES string of the molecule is CC1CNCCN1c1ccc(C(=O)O)c(Cl)c1. The van der Waals surface area contributed by atoms with E-state index in [1.807, 2.05) is 6.07 Å². The third-order valence-corrected chi connectivity index (χ3v) is 3.33. The normalized spacial score (nSPS) is 20.4. The van der Waals surface area contributed by atoms with E-state index in [2.05, 4.69) is 17.1 Å². The van der Waals surface area contributed by atoms with Gasteiger partial charge >= 0.3 is 5.97 Å². The van der Waals surface area contributed by atoms with Gasteiger partial charge in [0, 0.05) is 31.4 Å². The van der Waals surface area contributed by atoms with E-state index in [0.29, 0.717) is 11.1 Å². The number of hydrogen-bond donors (Lipinski definition) is 2. The molecule has 2 N–H and O–H groups in total. The van der Waals surface area contributed by atoms with E-state index in [1.54, 1.807) is 12.1 Å². The van der Waals surface area contributed by atoms with Crippen molar-refractivity contribution >= 4 is 23.3 Å². The number of anilines is 1. The van der Waals surface area contributed by atoms with Gasteiger partial charge in [0.05, 0.1) is 10.6 Å². The summed E-state index contributed by atoms with van der Waals surface area (Å²) >= 11 is 5.97. The Morgan fingerprint density at radius 3 is 2.94 bits per heavy atom. The van der Waals surface area contributed by atoms with Crippen molar-refractivity contribution in [2.75, 3.05) is 24.5 Å². The highest BCUT2D eigenvalue weighted by molar-refractivity contribution is 6.33. The first kappa shape index (κ1) is 12.2. The van der Waals surface area contributed by atoms with Crippen LogP contribution in [0, 0.1) is 0 Å². The largest absolute Gasteiger partial charge is 0.478 e. The van der Waals surface area contributed by atoms with Crippen LogP contribution in [0.3, 0.4) is 0 Å². The van der Waals surface area contributed by atoms with Crippen molar-refractivity contribution in [2.45, 2.75) is 13.0 Å². The van der Waals surface area contributed by atoms with Crippen LogP contribution in [-0.2, 0) is 0 Å². The minimum Gasteiger partial charge on any atom is -0.478 e. The van der Waals surface area contributed by atoms with Crippen molar-refractivity contribution in [3.63, 3.8) is 0 Å². The Morgan fingerprint density at radius 2 is 2.35 bits per heavy atom. The fourth-order valence-electron chi connectivity index (χ4n) is 2.08. The Kier molecular flexibility index (Phi) is 3.54. The summed E-state index contributed by atoms with van der Waals surface area (Å²) < 4.78 is 0. The molecule has 92 valence electrons. The van der Waals surface area contributed by atoms with Crippen LogP contribution in [0.1, 0.15) is 17.3 Å². The quantitative estimate of drug-likeness (QED) is 0.846. The molecule has 0 saturated carbocycles. The first-order valence-electron chi connectivity index (χ1n) is 5.60. The number of piperazine rings is 1. The summed E-state index contributed by atoms with van der Waals surface area (Å²) in [5.74, 6) is -0.991. The summed E-state index contributed by atoms with van der Waals surface area (Å²) in [6, 6.07) is 5.49. The molecule has 1 aliphatic heterocycles. The van der Waals surface area contributed by atoms with Gasteiger partial charge in [-0.25, -0.2) is 4.79 Å². The Morgan fingerprint density at radius 1 is 1.59 bits per heavy atom. The standard InChI is InChI=1S/C12H15ClN2O2/c1-8-7-14-4-5-15(8)9-2-3-10(12(16)17)11(13)6-9/h2-3,6,8,14H,4-5,7H2,1H3,(H,16,17). The number of nitrogens with zero attached hydrogens (tertiary/aromatic N) is 1. The summed E-state index contributed by atoms with van der Waals surface area (Å²) in [4.78, 5) is 13.1. The summed E-state index contributed by atoms with van der Waals surface area (Å²) in [6.07, 6.45) is 0. The Hall–Kier alpha value is -1.26. The number of nitrogens with one attached hydrogen (secondary N) is 1. The predicted octanol–water partition coefficient (Wildman–Crippen LogP) is 1.84. The van der Waals surface area contributed by atoms with Crippen molar-refractivity contribution in [1.29, 1.82) is 0 Å². The van der Waals surface area contributed by atoms with Gasteiger partial charge in [-0.15, -0.1) is 0 Å². The maximum absolute atomic E-state index is 10.9. The average Bonchev–Trinajstić information content (AvgIpc) is 2.29. The van der Waals surface area contributed by atoms with E-state index < -0.39 is 5.97 Å². The van der Waals surface area contributed by atoms with Gasteiger partial charge in [-0.1, -0.05) is 11.6 Å². The molecule has 4 nitrogen and oxygen atoms in total. The number of carboxylic acid groups (broad SMARTS) is 1. The van der Waals surface area contributed by atoms with Crippen molar-refractivity contribution in [1.82, 2.24) is 5.32 Å². The van der Waals surface area contributed by atoms with Crippen LogP contribution < -0.4 is 10.2 Å². The van der Waals surface area contributed by atoms with Crippen LogP contribution in [0.5, 0.6) is 0 Å². The lowest BCUT2D eigenvalue weighted by Crippen LogP contribution is -2.49. The molecule has 0 aromatic heterocycles. The minimum absolute atomic E-state index is 0.151. The Bertz CT molecular complexity index is 437. The zero-order chi connectivity index (χ0) is 12.4. The van der Waals surface area contributed by atoms with Crippen LogP contribution in [0.15, 0.2) is 18.2 Å². The van der Waals surface area contributed by atoms with Gasteiger partial charge in [-0.2, -0.15) is 0 Å². The second kappa shape index (κ2) is 4.94. The number of halogens is 1. The highest BCUT2D eigenvalue weighted by Gasteiger charge is 2.19. The third-order valence-electron chi connectivity index (χ3n) is 3.02. The molecule has 0 radical (unpaired) electrons. The van der Waals surface area contributed by atoms with E-state index in [4.69, 9.17) is 16.7 Å². The monoisotopic (exact) mass is 254 g/mol. The lowest BCUT2D eigenvalue weighted by molar-refractivity contribution is 0.0697. The number of benzene rings is 1. The molecule has 1 aromatic rings. The minimum atomic E-state index is -0.991. The van der Waals surface area contributed by atoms with E-state index in [9.17, 15) is 4.79 Å². The number of carboxylic acids is 1. The van der Waals surface area contributed by atoms with E-state index in [1.165, 1.54) is 0 Å². The molecule has 1 aromatic carbocycles. The molecule has 1 atom stereocenters. The summed E-state index contributed by atoms with van der Waals surface area (Å²) in [6.45, 7) is 4.90. The van der Waals surface area contributed by atoms with Gasteiger partial charge in [0.15, 0.2) is 0 Å². The number of aromatic carboxylic acids is 1. The highest BCUT2D eigenvalue weighted by atomic mass is 35.5. The molecule has 1 unspecified atom stereocenters. The first-order valence-corrected chi connectivity index (χ1v) is 5.97. The van der Waals surface area contributed by atoms with Crippen molar-refractivity contribution in [3.8, 4) is 0 Å². The fraction of sp³-hybridized carbons (Fsp3) is 0.417. The van der Waals surface area contributed by atoms with E-state index in [-0.39, 0.29) is 5.56 Å². The average molecular weight is 255 g/mol. The molecular formula is C12H15ClN2O2. The van der Waals surface area contributed by atoms with Gasteiger partial charge in [-0.3, -0.25) is 0 Å². The van der Waals surface area contributed by atoms with Crippen molar-refractivity contribution in [2.24, 2.45) is 0 Å². The number of hydrogen-bond acceptors (Lipinski definition) is 3. The summed E-state index contributed by atoms with van der Waals surface area (Å²) in [5.41, 5.74) is 1.13. The molecule has 0 bridgehead atoms. The Balaban J connectivity index is 2.27. The molecule has 0 amide bonds. The third kappa shape index (κ3) is 2.53. The van der Waals surface area contributed by atoms with Crippen molar-refractivity contribution < 1.29 is 9.90 Å². The molecule has 0 aliphatic carbocycles. The first-order chi connectivity index (χ1) is 8.09. The number of rotatable bonds is 2. The second-order valence-corrected chi connectivity index (χ2v) is 4.62. The van der Waals surface area contributed by atoms with Gasteiger partial charge in [0.1, 0.15) is 0 Å². The molecule has 5 heteroatoms. The number of carbonyl (C=O) groups is 1. The lowest BCUT2D eigenvalue weighted by atomic mass is 10.1. The molecule has 1 fully saturated rings. The van der Waals surface area contributed by atoms with Crippen LogP contribution in [0.2, 0.25) is 5.02 Å². The molecule has 0 spiro atoms. The highest BCUT2D eigenvalue weighted by Crippen LogP contribution is 2.25. The maximum Gasteiger partial charge on any atom is 0.337 e. The molecule has 2 rings (SSSR count). The fourth-order valence-corrected chi connectivity index (χ4v) is 2.34. The van der Waals surface area contributed by atoms with Crippen LogP contribution in [0.4, 0.5) is 5.69 Å². The van der Waals surface area contributed by atoms with Gasteiger partial charge < -0.3 is 15.3 Å². The summed E-state index contributed by atoms with van der Waals surface area (Å²) in [7, 11) is 0. The maximum atomic E-state index is 10.9. The zero-order valence-corrected chi connectivity index (χ0v) is 10.4. The lowest BCUT2D eigenvalue weighted by Gasteiger charge is -2.36. The second-order valence-electron chi connectivity index (χ2n) is 4.22. The topological polar surface area (TPSA) is 52.6 Å². The summed E-state index contributed by atoms with van der Waals surface area (Å²) in [5, 5.41) is 12.5. The molecule has 1 aliphatic rings. The van der Waals surface area contributed by atoms with Crippen LogP contribution in [0.25, 0.3) is 0 Å². The molecular weight excluding hydrogens is 240 g/mol. The zero-order valence-electron chi connectivity index (χ0n) is 9.61. The Labute approximate surface area is 105 Å². The molecule has 1 heterocycles. The van der Waals surface area contributed by atoms with Crippen molar-refractivity contribution in [3.05, 3.63) is 28.8 Å². The van der Waals surface area contributed by atoms with Gasteiger partial charge in [0.25, 0.3) is 0 Å². The predicted molar refractivity (Wildman–Crippen MR) is 68.1 cm³/mol. The van der Waals surface area contributed by atoms with Crippen LogP contribution >= 0.6 is 11.6 Å². The van der Waals surface area contributed by atoms with Gasteiger partial charge in [0.2, 0.25) is 0 Å². The molecule has 17 heavy (non-hydrogen) atoms.